The number of amides is 1. The molecule has 0 aliphatic heterocycles. The number of halogens is 2. The predicted molar refractivity (Wildman–Crippen MR) is 91.5 cm³/mol. The Bertz CT molecular complexity index is 970. The van der Waals surface area contributed by atoms with Gasteiger partial charge in [-0.05, 0) is 38.8 Å². The van der Waals surface area contributed by atoms with Crippen LogP contribution in [0.1, 0.15) is 41.9 Å². The van der Waals surface area contributed by atoms with Crippen LogP contribution in [-0.4, -0.2) is 25.5 Å². The van der Waals surface area contributed by atoms with E-state index in [-0.39, 0.29) is 17.9 Å². The van der Waals surface area contributed by atoms with Gasteiger partial charge in [0.1, 0.15) is 18.0 Å². The molecule has 3 rings (SSSR count). The highest BCUT2D eigenvalue weighted by Gasteiger charge is 2.16. The van der Waals surface area contributed by atoms with Crippen molar-refractivity contribution in [2.45, 2.75) is 39.7 Å². The van der Waals surface area contributed by atoms with Crippen molar-refractivity contribution in [2.75, 3.05) is 0 Å². The Hall–Kier alpha value is -2.90. The van der Waals surface area contributed by atoms with Gasteiger partial charge in [0.05, 0.1) is 6.04 Å². The lowest BCUT2D eigenvalue weighted by Gasteiger charge is -2.16. The van der Waals surface area contributed by atoms with Gasteiger partial charge in [-0.25, -0.2) is 18.3 Å². The molecule has 0 spiro atoms. The lowest BCUT2D eigenvalue weighted by Crippen LogP contribution is -2.27. The van der Waals surface area contributed by atoms with E-state index in [4.69, 9.17) is 0 Å². The molecule has 0 aliphatic rings. The number of aromatic nitrogens is 4. The van der Waals surface area contributed by atoms with Gasteiger partial charge in [-0.2, -0.15) is 10.1 Å². The second-order valence-electron chi connectivity index (χ2n) is 6.19. The van der Waals surface area contributed by atoms with Crippen LogP contribution in [0.3, 0.4) is 0 Å². The third kappa shape index (κ3) is 3.54. The van der Waals surface area contributed by atoms with E-state index >= 15 is 0 Å². The zero-order valence-corrected chi connectivity index (χ0v) is 14.8. The zero-order chi connectivity index (χ0) is 18.8. The van der Waals surface area contributed by atoms with Crippen molar-refractivity contribution in [1.82, 2.24) is 24.9 Å². The lowest BCUT2D eigenvalue weighted by molar-refractivity contribution is -0.121. The van der Waals surface area contributed by atoms with Gasteiger partial charge >= 0.3 is 0 Å². The summed E-state index contributed by atoms with van der Waals surface area (Å²) in [4.78, 5) is 20.7. The Kier molecular flexibility index (Phi) is 4.92. The smallest absolute Gasteiger partial charge is 0.252 e. The van der Waals surface area contributed by atoms with E-state index in [1.54, 1.807) is 11.4 Å². The highest BCUT2D eigenvalue weighted by atomic mass is 19.1. The van der Waals surface area contributed by atoms with Crippen LogP contribution in [0, 0.1) is 25.5 Å². The maximum absolute atomic E-state index is 13.8. The third-order valence-corrected chi connectivity index (χ3v) is 4.40. The minimum absolute atomic E-state index is 0.219. The Labute approximate surface area is 149 Å². The number of carbonyl (C=O) groups is 1. The van der Waals surface area contributed by atoms with Crippen LogP contribution in [-0.2, 0) is 11.2 Å². The fourth-order valence-electron chi connectivity index (χ4n) is 3.00. The fourth-order valence-corrected chi connectivity index (χ4v) is 3.00. The van der Waals surface area contributed by atoms with Crippen molar-refractivity contribution in [1.29, 1.82) is 0 Å². The summed E-state index contributed by atoms with van der Waals surface area (Å²) in [6, 6.07) is 2.77. The molecule has 0 radical (unpaired) electrons. The van der Waals surface area contributed by atoms with Crippen molar-refractivity contribution < 1.29 is 13.6 Å². The Balaban J connectivity index is 1.67. The normalized spacial score (nSPS) is 12.3. The van der Waals surface area contributed by atoms with E-state index in [1.807, 2.05) is 13.8 Å². The van der Waals surface area contributed by atoms with E-state index in [2.05, 4.69) is 20.4 Å². The zero-order valence-electron chi connectivity index (χ0n) is 14.8. The van der Waals surface area contributed by atoms with Crippen LogP contribution in [0.25, 0.3) is 5.78 Å². The molecule has 26 heavy (non-hydrogen) atoms. The van der Waals surface area contributed by atoms with Crippen molar-refractivity contribution >= 4 is 11.7 Å². The lowest BCUT2D eigenvalue weighted by atomic mass is 10.0. The fraction of sp³-hybridized carbons (Fsp3) is 0.333. The molecule has 0 aliphatic carbocycles. The quantitative estimate of drug-likeness (QED) is 0.760. The van der Waals surface area contributed by atoms with E-state index in [9.17, 15) is 13.6 Å². The third-order valence-electron chi connectivity index (χ3n) is 4.40. The van der Waals surface area contributed by atoms with E-state index in [0.717, 1.165) is 23.0 Å². The molecule has 0 unspecified atom stereocenters. The summed E-state index contributed by atoms with van der Waals surface area (Å²) in [5.74, 6) is -1.02. The van der Waals surface area contributed by atoms with Gasteiger partial charge in [-0.1, -0.05) is 6.07 Å². The molecule has 1 N–H and O–H groups in total. The van der Waals surface area contributed by atoms with Gasteiger partial charge in [0.15, 0.2) is 0 Å². The molecule has 0 bridgehead atoms. The van der Waals surface area contributed by atoms with Gasteiger partial charge in [0.2, 0.25) is 5.91 Å². The number of aryl methyl sites for hydroxylation is 2. The number of hydrogen-bond donors (Lipinski definition) is 1. The molecule has 1 atom stereocenters. The monoisotopic (exact) mass is 359 g/mol. The van der Waals surface area contributed by atoms with Crippen molar-refractivity contribution in [2.24, 2.45) is 0 Å². The Morgan fingerprint density at radius 1 is 1.31 bits per heavy atom. The van der Waals surface area contributed by atoms with Crippen molar-refractivity contribution in [3.05, 3.63) is 58.7 Å². The molecule has 2 heterocycles. The van der Waals surface area contributed by atoms with Gasteiger partial charge in [0.25, 0.3) is 5.78 Å². The first-order valence-electron chi connectivity index (χ1n) is 8.27. The highest BCUT2D eigenvalue weighted by molar-refractivity contribution is 5.76. The maximum atomic E-state index is 13.8. The van der Waals surface area contributed by atoms with E-state index in [0.29, 0.717) is 12.2 Å². The first-order chi connectivity index (χ1) is 12.4. The molecular formula is C18H19F2N5O. The summed E-state index contributed by atoms with van der Waals surface area (Å²) in [5, 5.41) is 6.86. The van der Waals surface area contributed by atoms with E-state index < -0.39 is 17.7 Å². The molecule has 8 heteroatoms. The minimum Gasteiger partial charge on any atom is -0.349 e. The number of hydrogen-bond acceptors (Lipinski definition) is 4. The number of nitrogens with zero attached hydrogens (tertiary/aromatic N) is 4. The number of fused-ring (bicyclic) bond motifs is 1. The van der Waals surface area contributed by atoms with Crippen LogP contribution in [0.15, 0.2) is 24.5 Å². The standard InChI is InChI=1S/C18H19F2N5O/c1-10-14(12(3)25-18(24-10)21-9-22-25)6-7-17(26)23-11(2)15-5-4-13(19)8-16(15)20/h4-5,8-9,11H,6-7H2,1-3H3,(H,23,26)/t11-/m1/s1. The summed E-state index contributed by atoms with van der Waals surface area (Å²) >= 11 is 0. The van der Waals surface area contributed by atoms with E-state index in [1.165, 1.54) is 18.5 Å². The summed E-state index contributed by atoms with van der Waals surface area (Å²) in [5.41, 5.74) is 2.86. The van der Waals surface area contributed by atoms with Crippen LogP contribution < -0.4 is 5.32 Å². The number of nitrogens with one attached hydrogen (secondary N) is 1. The van der Waals surface area contributed by atoms with Crippen LogP contribution in [0.4, 0.5) is 8.78 Å². The average Bonchev–Trinajstić information content (AvgIpc) is 3.02. The number of carbonyl (C=O) groups excluding carboxylic acids is 1. The van der Waals surface area contributed by atoms with Gasteiger partial charge in [-0.3, -0.25) is 4.79 Å². The summed E-state index contributed by atoms with van der Waals surface area (Å²) < 4.78 is 28.4. The molecule has 0 saturated carbocycles. The largest absolute Gasteiger partial charge is 0.349 e. The van der Waals surface area contributed by atoms with Crippen LogP contribution >= 0.6 is 0 Å². The minimum atomic E-state index is -0.676. The molecule has 1 amide bonds. The van der Waals surface area contributed by atoms with Gasteiger partial charge < -0.3 is 5.32 Å². The number of benzene rings is 1. The van der Waals surface area contributed by atoms with Crippen molar-refractivity contribution in [3.63, 3.8) is 0 Å². The first-order valence-corrected chi connectivity index (χ1v) is 8.27. The van der Waals surface area contributed by atoms with Gasteiger partial charge in [-0.15, -0.1) is 0 Å². The Morgan fingerprint density at radius 3 is 2.81 bits per heavy atom. The van der Waals surface area contributed by atoms with Crippen LogP contribution in [0.5, 0.6) is 0 Å². The average molecular weight is 359 g/mol. The van der Waals surface area contributed by atoms with Crippen LogP contribution in [0.2, 0.25) is 0 Å². The SMILES string of the molecule is Cc1nc2ncnn2c(C)c1CCC(=O)N[C@H](C)c1ccc(F)cc1F. The summed E-state index contributed by atoms with van der Waals surface area (Å²) in [6.45, 7) is 5.43. The molecule has 2 aromatic heterocycles. The second-order valence-corrected chi connectivity index (χ2v) is 6.19. The molecule has 1 aromatic carbocycles. The predicted octanol–water partition coefficient (Wildman–Crippen LogP) is 2.83. The second kappa shape index (κ2) is 7.15. The van der Waals surface area contributed by atoms with Crippen molar-refractivity contribution in [3.8, 4) is 0 Å². The molecule has 0 fully saturated rings. The highest BCUT2D eigenvalue weighted by Crippen LogP contribution is 2.19. The molecule has 136 valence electrons. The topological polar surface area (TPSA) is 72.2 Å². The summed E-state index contributed by atoms with van der Waals surface area (Å²) in [7, 11) is 0. The van der Waals surface area contributed by atoms with Gasteiger partial charge in [0, 0.05) is 29.4 Å². The Morgan fingerprint density at radius 2 is 2.08 bits per heavy atom. The first kappa shape index (κ1) is 17.9. The molecule has 0 saturated heterocycles. The maximum Gasteiger partial charge on any atom is 0.252 e. The molecule has 6 nitrogen and oxygen atoms in total. The molecule has 3 aromatic rings. The molecular weight excluding hydrogens is 340 g/mol. The summed E-state index contributed by atoms with van der Waals surface area (Å²) in [6.07, 6.45) is 2.13. The number of rotatable bonds is 5.